The van der Waals surface area contributed by atoms with E-state index >= 15 is 0 Å². The van der Waals surface area contributed by atoms with Crippen LogP contribution in [0.25, 0.3) is 0 Å². The van der Waals surface area contributed by atoms with E-state index < -0.39 is 0 Å². The number of likely N-dealkylation sites (tertiary alicyclic amines) is 1. The minimum absolute atomic E-state index is 0.153. The van der Waals surface area contributed by atoms with E-state index in [1.165, 1.54) is 38.8 Å². The van der Waals surface area contributed by atoms with Crippen molar-refractivity contribution in [2.24, 2.45) is 11.7 Å². The van der Waals surface area contributed by atoms with Gasteiger partial charge in [0.05, 0.1) is 0 Å². The van der Waals surface area contributed by atoms with Crippen molar-refractivity contribution in [1.82, 2.24) is 4.90 Å². The molecule has 21 heavy (non-hydrogen) atoms. The molecule has 1 aromatic carbocycles. The van der Waals surface area contributed by atoms with Crippen LogP contribution in [0.5, 0.6) is 11.5 Å². The molecule has 1 aromatic rings. The predicted molar refractivity (Wildman–Crippen MR) is 83.8 cm³/mol. The highest BCUT2D eigenvalue weighted by atomic mass is 16.6. The summed E-state index contributed by atoms with van der Waals surface area (Å²) in [6.45, 7) is 4.81. The Hall–Kier alpha value is -1.26. The molecule has 3 rings (SSSR count). The van der Waals surface area contributed by atoms with Crippen LogP contribution in [0.1, 0.15) is 25.7 Å². The standard InChI is InChI=1S/C17H26N2O2/c18-9-3-4-14-7-10-19(11-8-14)12-15-13-20-16-5-1-2-6-17(16)21-15/h1-2,5-6,14-15H,3-4,7-13,18H2. The van der Waals surface area contributed by atoms with Crippen LogP contribution in [-0.4, -0.2) is 43.8 Å². The number of hydrogen-bond donors (Lipinski definition) is 1. The summed E-state index contributed by atoms with van der Waals surface area (Å²) in [5, 5.41) is 0. The fourth-order valence-corrected chi connectivity index (χ4v) is 3.31. The molecule has 0 aliphatic carbocycles. The van der Waals surface area contributed by atoms with Gasteiger partial charge in [0, 0.05) is 6.54 Å². The number of piperidine rings is 1. The quantitative estimate of drug-likeness (QED) is 0.904. The Kier molecular flexibility index (Phi) is 4.99. The van der Waals surface area contributed by atoms with E-state index in [1.54, 1.807) is 0 Å². The van der Waals surface area contributed by atoms with Crippen LogP contribution in [0.3, 0.4) is 0 Å². The Balaban J connectivity index is 1.44. The van der Waals surface area contributed by atoms with Gasteiger partial charge in [0.25, 0.3) is 0 Å². The molecule has 2 heterocycles. The zero-order valence-corrected chi connectivity index (χ0v) is 12.7. The highest BCUT2D eigenvalue weighted by molar-refractivity contribution is 5.40. The van der Waals surface area contributed by atoms with Gasteiger partial charge < -0.3 is 15.2 Å². The first-order chi connectivity index (χ1) is 10.3. The van der Waals surface area contributed by atoms with Crippen molar-refractivity contribution in [3.8, 4) is 11.5 Å². The van der Waals surface area contributed by atoms with E-state index in [2.05, 4.69) is 4.90 Å². The summed E-state index contributed by atoms with van der Waals surface area (Å²) >= 11 is 0. The van der Waals surface area contributed by atoms with E-state index in [1.807, 2.05) is 24.3 Å². The molecule has 1 atom stereocenters. The second kappa shape index (κ2) is 7.14. The molecule has 1 saturated heterocycles. The van der Waals surface area contributed by atoms with Gasteiger partial charge in [-0.25, -0.2) is 0 Å². The van der Waals surface area contributed by atoms with Crippen LogP contribution in [0, 0.1) is 5.92 Å². The number of ether oxygens (including phenoxy) is 2. The normalized spacial score (nSPS) is 23.2. The molecule has 116 valence electrons. The second-order valence-corrected chi connectivity index (χ2v) is 6.17. The molecule has 0 bridgehead atoms. The van der Waals surface area contributed by atoms with Crippen molar-refractivity contribution in [2.45, 2.75) is 31.8 Å². The second-order valence-electron chi connectivity index (χ2n) is 6.17. The van der Waals surface area contributed by atoms with E-state index in [-0.39, 0.29) is 6.10 Å². The topological polar surface area (TPSA) is 47.7 Å². The fourth-order valence-electron chi connectivity index (χ4n) is 3.31. The van der Waals surface area contributed by atoms with Crippen molar-refractivity contribution < 1.29 is 9.47 Å². The summed E-state index contributed by atoms with van der Waals surface area (Å²) in [4.78, 5) is 2.51. The summed E-state index contributed by atoms with van der Waals surface area (Å²) in [7, 11) is 0. The maximum Gasteiger partial charge on any atom is 0.161 e. The first-order valence-electron chi connectivity index (χ1n) is 8.16. The largest absolute Gasteiger partial charge is 0.486 e. The number of rotatable bonds is 5. The van der Waals surface area contributed by atoms with E-state index in [4.69, 9.17) is 15.2 Å². The lowest BCUT2D eigenvalue weighted by Gasteiger charge is -2.35. The van der Waals surface area contributed by atoms with Gasteiger partial charge in [0.1, 0.15) is 12.7 Å². The number of fused-ring (bicyclic) bond motifs is 1. The maximum atomic E-state index is 6.04. The average molecular weight is 290 g/mol. The van der Waals surface area contributed by atoms with Crippen LogP contribution in [0.2, 0.25) is 0 Å². The summed E-state index contributed by atoms with van der Waals surface area (Å²) in [5.74, 6) is 2.62. The molecule has 0 saturated carbocycles. The Labute approximate surface area is 127 Å². The fraction of sp³-hybridized carbons (Fsp3) is 0.647. The van der Waals surface area contributed by atoms with Gasteiger partial charge in [-0.05, 0) is 63.4 Å². The Morgan fingerprint density at radius 3 is 2.67 bits per heavy atom. The number of benzene rings is 1. The number of hydrogen-bond acceptors (Lipinski definition) is 4. The molecular formula is C17H26N2O2. The van der Waals surface area contributed by atoms with Crippen LogP contribution in [0.15, 0.2) is 24.3 Å². The summed E-state index contributed by atoms with van der Waals surface area (Å²) in [5.41, 5.74) is 5.59. The van der Waals surface area contributed by atoms with Gasteiger partial charge in [-0.1, -0.05) is 12.1 Å². The Morgan fingerprint density at radius 2 is 1.90 bits per heavy atom. The molecule has 2 N–H and O–H groups in total. The van der Waals surface area contributed by atoms with Gasteiger partial charge in [-0.2, -0.15) is 0 Å². The number of para-hydroxylation sites is 2. The van der Waals surface area contributed by atoms with Crippen LogP contribution < -0.4 is 15.2 Å². The minimum Gasteiger partial charge on any atom is -0.486 e. The van der Waals surface area contributed by atoms with E-state index in [0.717, 1.165) is 30.5 Å². The summed E-state index contributed by atoms with van der Waals surface area (Å²) in [6.07, 6.45) is 5.20. The Morgan fingerprint density at radius 1 is 1.14 bits per heavy atom. The monoisotopic (exact) mass is 290 g/mol. The third-order valence-corrected chi connectivity index (χ3v) is 4.55. The number of nitrogens with two attached hydrogens (primary N) is 1. The third kappa shape index (κ3) is 3.89. The first kappa shape index (κ1) is 14.7. The molecule has 0 aromatic heterocycles. The van der Waals surface area contributed by atoms with Crippen LogP contribution in [0.4, 0.5) is 0 Å². The maximum absolute atomic E-state index is 6.04. The zero-order chi connectivity index (χ0) is 14.5. The molecule has 0 radical (unpaired) electrons. The van der Waals surface area contributed by atoms with Crippen molar-refractivity contribution in [1.29, 1.82) is 0 Å². The van der Waals surface area contributed by atoms with Crippen molar-refractivity contribution >= 4 is 0 Å². The molecule has 1 fully saturated rings. The van der Waals surface area contributed by atoms with E-state index in [9.17, 15) is 0 Å². The van der Waals surface area contributed by atoms with E-state index in [0.29, 0.717) is 6.61 Å². The zero-order valence-electron chi connectivity index (χ0n) is 12.7. The average Bonchev–Trinajstić information content (AvgIpc) is 2.54. The molecule has 4 heteroatoms. The lowest BCUT2D eigenvalue weighted by molar-refractivity contribution is 0.0471. The third-order valence-electron chi connectivity index (χ3n) is 4.55. The Bertz CT molecular complexity index is 444. The highest BCUT2D eigenvalue weighted by Crippen LogP contribution is 2.31. The predicted octanol–water partition coefficient (Wildman–Crippen LogP) is 2.28. The highest BCUT2D eigenvalue weighted by Gasteiger charge is 2.25. The molecule has 1 unspecified atom stereocenters. The van der Waals surface area contributed by atoms with Gasteiger partial charge in [0.15, 0.2) is 11.5 Å². The smallest absolute Gasteiger partial charge is 0.161 e. The SMILES string of the molecule is NCCCC1CCN(CC2COc3ccccc3O2)CC1. The van der Waals surface area contributed by atoms with Crippen molar-refractivity contribution in [2.75, 3.05) is 32.8 Å². The molecule has 2 aliphatic heterocycles. The van der Waals surface area contributed by atoms with Crippen molar-refractivity contribution in [3.63, 3.8) is 0 Å². The molecular weight excluding hydrogens is 264 g/mol. The number of nitrogens with zero attached hydrogens (tertiary/aromatic N) is 1. The molecule has 0 spiro atoms. The molecule has 4 nitrogen and oxygen atoms in total. The molecule has 0 amide bonds. The summed E-state index contributed by atoms with van der Waals surface area (Å²) < 4.78 is 11.8. The van der Waals surface area contributed by atoms with Crippen LogP contribution >= 0.6 is 0 Å². The molecule has 2 aliphatic rings. The van der Waals surface area contributed by atoms with Gasteiger partial charge in [-0.15, -0.1) is 0 Å². The van der Waals surface area contributed by atoms with Gasteiger partial charge in [0.2, 0.25) is 0 Å². The minimum atomic E-state index is 0.153. The lowest BCUT2D eigenvalue weighted by atomic mass is 9.92. The lowest BCUT2D eigenvalue weighted by Crippen LogP contribution is -2.44. The van der Waals surface area contributed by atoms with Gasteiger partial charge >= 0.3 is 0 Å². The summed E-state index contributed by atoms with van der Waals surface area (Å²) in [6, 6.07) is 7.93. The van der Waals surface area contributed by atoms with Gasteiger partial charge in [-0.3, -0.25) is 4.90 Å². The van der Waals surface area contributed by atoms with Crippen LogP contribution in [-0.2, 0) is 0 Å². The van der Waals surface area contributed by atoms with Crippen molar-refractivity contribution in [3.05, 3.63) is 24.3 Å². The first-order valence-corrected chi connectivity index (χ1v) is 8.16.